The van der Waals surface area contributed by atoms with Crippen LogP contribution in [0, 0.1) is 0 Å². The van der Waals surface area contributed by atoms with Crippen LogP contribution < -0.4 is 10.5 Å². The summed E-state index contributed by atoms with van der Waals surface area (Å²) in [6.07, 6.45) is -0.479. The molecule has 0 saturated carbocycles. The lowest BCUT2D eigenvalue weighted by molar-refractivity contribution is 0.0605. The molecule has 0 fully saturated rings. The molecule has 0 saturated heterocycles. The van der Waals surface area contributed by atoms with Crippen molar-refractivity contribution in [3.63, 3.8) is 0 Å². The Kier molecular flexibility index (Phi) is 5.75. The molecule has 2 atom stereocenters. The SMILES string of the molecule is COCC(N)C(CO)Oc1ccc(-c2ccccc2)cc1. The van der Waals surface area contributed by atoms with Crippen molar-refractivity contribution >= 4 is 0 Å². The zero-order valence-corrected chi connectivity index (χ0v) is 12.1. The van der Waals surface area contributed by atoms with Gasteiger partial charge in [-0.3, -0.25) is 0 Å². The molecule has 0 amide bonds. The number of hydrogen-bond acceptors (Lipinski definition) is 4. The number of rotatable bonds is 7. The maximum absolute atomic E-state index is 9.36. The third-order valence-corrected chi connectivity index (χ3v) is 3.27. The minimum Gasteiger partial charge on any atom is -0.486 e. The number of methoxy groups -OCH3 is 1. The fraction of sp³-hybridized carbons (Fsp3) is 0.294. The number of ether oxygens (including phenoxy) is 2. The molecule has 21 heavy (non-hydrogen) atoms. The molecule has 2 aromatic rings. The molecule has 0 aliphatic rings. The highest BCUT2D eigenvalue weighted by atomic mass is 16.5. The molecule has 2 rings (SSSR count). The Morgan fingerprint density at radius 1 is 1.00 bits per heavy atom. The predicted molar refractivity (Wildman–Crippen MR) is 83.2 cm³/mol. The van der Waals surface area contributed by atoms with Crippen LogP contribution in [0.25, 0.3) is 11.1 Å². The highest BCUT2D eigenvalue weighted by molar-refractivity contribution is 5.63. The number of hydrogen-bond donors (Lipinski definition) is 2. The molecule has 4 heteroatoms. The summed E-state index contributed by atoms with van der Waals surface area (Å²) in [6.45, 7) is 0.193. The molecule has 0 aromatic heterocycles. The Morgan fingerprint density at radius 3 is 2.19 bits per heavy atom. The van der Waals surface area contributed by atoms with E-state index < -0.39 is 6.10 Å². The molecule has 4 nitrogen and oxygen atoms in total. The second-order valence-electron chi connectivity index (χ2n) is 4.85. The molecule has 0 heterocycles. The van der Waals surface area contributed by atoms with Gasteiger partial charge < -0.3 is 20.3 Å². The van der Waals surface area contributed by atoms with Gasteiger partial charge in [-0.1, -0.05) is 42.5 Å². The Morgan fingerprint density at radius 2 is 1.62 bits per heavy atom. The lowest BCUT2D eigenvalue weighted by atomic mass is 10.1. The van der Waals surface area contributed by atoms with Crippen molar-refractivity contribution in [2.45, 2.75) is 12.1 Å². The number of nitrogens with two attached hydrogens (primary N) is 1. The Bertz CT molecular complexity index is 527. The monoisotopic (exact) mass is 287 g/mol. The first-order valence-corrected chi connectivity index (χ1v) is 6.92. The fourth-order valence-corrected chi connectivity index (χ4v) is 2.09. The van der Waals surface area contributed by atoms with Crippen molar-refractivity contribution in [2.24, 2.45) is 5.73 Å². The molecular formula is C17H21NO3. The Labute approximate surface area is 125 Å². The zero-order chi connectivity index (χ0) is 15.1. The lowest BCUT2D eigenvalue weighted by Gasteiger charge is -2.22. The van der Waals surface area contributed by atoms with Gasteiger partial charge in [-0.15, -0.1) is 0 Å². The smallest absolute Gasteiger partial charge is 0.139 e. The average Bonchev–Trinajstić information content (AvgIpc) is 2.54. The minimum absolute atomic E-state index is 0.148. The van der Waals surface area contributed by atoms with Gasteiger partial charge in [0.05, 0.1) is 19.3 Å². The molecule has 0 aliphatic heterocycles. The average molecular weight is 287 g/mol. The topological polar surface area (TPSA) is 64.7 Å². The summed E-state index contributed by atoms with van der Waals surface area (Å²) >= 11 is 0. The summed E-state index contributed by atoms with van der Waals surface area (Å²) in [6, 6.07) is 17.5. The van der Waals surface area contributed by atoms with Crippen LogP contribution in [0.4, 0.5) is 0 Å². The molecule has 3 N–H and O–H groups in total. The molecule has 0 aliphatic carbocycles. The van der Waals surface area contributed by atoms with Crippen molar-refractivity contribution in [1.29, 1.82) is 0 Å². The van der Waals surface area contributed by atoms with Crippen molar-refractivity contribution in [1.82, 2.24) is 0 Å². The van der Waals surface area contributed by atoms with Crippen LogP contribution >= 0.6 is 0 Å². The molecule has 0 bridgehead atoms. The van der Waals surface area contributed by atoms with Crippen molar-refractivity contribution in [2.75, 3.05) is 20.3 Å². The third kappa shape index (κ3) is 4.29. The summed E-state index contributed by atoms with van der Waals surface area (Å²) in [5.41, 5.74) is 8.16. The van der Waals surface area contributed by atoms with E-state index in [1.165, 1.54) is 0 Å². The van der Waals surface area contributed by atoms with Crippen LogP contribution in [0.15, 0.2) is 54.6 Å². The van der Waals surface area contributed by atoms with Crippen LogP contribution in [-0.2, 0) is 4.74 Å². The summed E-state index contributed by atoms with van der Waals surface area (Å²) in [4.78, 5) is 0. The van der Waals surface area contributed by atoms with Crippen molar-refractivity contribution in [3.05, 3.63) is 54.6 Å². The first-order valence-electron chi connectivity index (χ1n) is 6.92. The van der Waals surface area contributed by atoms with Gasteiger partial charge in [0.2, 0.25) is 0 Å². The van der Waals surface area contributed by atoms with E-state index in [0.29, 0.717) is 12.4 Å². The highest BCUT2D eigenvalue weighted by Crippen LogP contribution is 2.22. The van der Waals surface area contributed by atoms with Gasteiger partial charge in [0.25, 0.3) is 0 Å². The molecule has 2 aromatic carbocycles. The Hall–Kier alpha value is -1.88. The van der Waals surface area contributed by atoms with E-state index >= 15 is 0 Å². The van der Waals surface area contributed by atoms with Crippen LogP contribution in [0.5, 0.6) is 5.75 Å². The van der Waals surface area contributed by atoms with Crippen LogP contribution in [0.1, 0.15) is 0 Å². The summed E-state index contributed by atoms with van der Waals surface area (Å²) in [5.74, 6) is 0.681. The first kappa shape index (κ1) is 15.5. The van der Waals surface area contributed by atoms with Crippen LogP contribution in [-0.4, -0.2) is 37.6 Å². The highest BCUT2D eigenvalue weighted by Gasteiger charge is 2.18. The minimum atomic E-state index is -0.479. The zero-order valence-electron chi connectivity index (χ0n) is 12.1. The van der Waals surface area contributed by atoms with Gasteiger partial charge in [-0.2, -0.15) is 0 Å². The lowest BCUT2D eigenvalue weighted by Crippen LogP contribution is -2.44. The summed E-state index contributed by atoms with van der Waals surface area (Å²) in [7, 11) is 1.57. The van der Waals surface area contributed by atoms with E-state index in [-0.39, 0.29) is 12.6 Å². The van der Waals surface area contributed by atoms with E-state index in [2.05, 4.69) is 12.1 Å². The van der Waals surface area contributed by atoms with E-state index in [1.807, 2.05) is 42.5 Å². The molecule has 2 unspecified atom stereocenters. The second-order valence-corrected chi connectivity index (χ2v) is 4.85. The molecule has 0 radical (unpaired) electrons. The standard InChI is InChI=1S/C17H21NO3/c1-20-12-16(18)17(11-19)21-15-9-7-14(8-10-15)13-5-3-2-4-6-13/h2-10,16-17,19H,11-12,18H2,1H3. The van der Waals surface area contributed by atoms with E-state index in [9.17, 15) is 5.11 Å². The number of aliphatic hydroxyl groups excluding tert-OH is 1. The Balaban J connectivity index is 2.05. The van der Waals surface area contributed by atoms with Gasteiger partial charge in [0.15, 0.2) is 0 Å². The maximum atomic E-state index is 9.36. The predicted octanol–water partition coefficient (Wildman–Crippen LogP) is 2.07. The van der Waals surface area contributed by atoms with Gasteiger partial charge in [-0.25, -0.2) is 0 Å². The number of aliphatic hydroxyl groups is 1. The van der Waals surface area contributed by atoms with Crippen molar-refractivity contribution in [3.8, 4) is 16.9 Å². The van der Waals surface area contributed by atoms with Gasteiger partial charge in [0.1, 0.15) is 11.9 Å². The van der Waals surface area contributed by atoms with Crippen LogP contribution in [0.3, 0.4) is 0 Å². The third-order valence-electron chi connectivity index (χ3n) is 3.27. The van der Waals surface area contributed by atoms with Gasteiger partial charge >= 0.3 is 0 Å². The number of benzene rings is 2. The van der Waals surface area contributed by atoms with Crippen LogP contribution in [0.2, 0.25) is 0 Å². The van der Waals surface area contributed by atoms with Gasteiger partial charge in [-0.05, 0) is 23.3 Å². The largest absolute Gasteiger partial charge is 0.486 e. The quantitative estimate of drug-likeness (QED) is 0.818. The van der Waals surface area contributed by atoms with E-state index in [4.69, 9.17) is 15.2 Å². The maximum Gasteiger partial charge on any atom is 0.139 e. The van der Waals surface area contributed by atoms with Gasteiger partial charge in [0, 0.05) is 7.11 Å². The van der Waals surface area contributed by atoms with Crippen molar-refractivity contribution < 1.29 is 14.6 Å². The molecule has 112 valence electrons. The fourth-order valence-electron chi connectivity index (χ4n) is 2.09. The molecular weight excluding hydrogens is 266 g/mol. The summed E-state index contributed by atoms with van der Waals surface area (Å²) < 4.78 is 10.7. The van der Waals surface area contributed by atoms with E-state index in [1.54, 1.807) is 7.11 Å². The summed E-state index contributed by atoms with van der Waals surface area (Å²) in [5, 5.41) is 9.36. The van der Waals surface area contributed by atoms with E-state index in [0.717, 1.165) is 11.1 Å². The molecule has 0 spiro atoms. The first-order chi connectivity index (χ1) is 10.2. The normalized spacial score (nSPS) is 13.7. The second kappa shape index (κ2) is 7.78.